The summed E-state index contributed by atoms with van der Waals surface area (Å²) in [5.41, 5.74) is 13.2. The van der Waals surface area contributed by atoms with Gasteiger partial charge in [0, 0.05) is 33.8 Å². The first kappa shape index (κ1) is 13.8. The molecule has 3 aromatic rings. The molecule has 0 unspecified atom stereocenters. The SMILES string of the molecule is NC(=O)c1cccc(C(N)=O)c1-c1cccc2cccnc12. The van der Waals surface area contributed by atoms with Gasteiger partial charge in [0.15, 0.2) is 0 Å². The van der Waals surface area contributed by atoms with Gasteiger partial charge in [0.05, 0.1) is 5.52 Å². The van der Waals surface area contributed by atoms with Gasteiger partial charge in [-0.15, -0.1) is 0 Å². The van der Waals surface area contributed by atoms with Crippen molar-refractivity contribution in [3.05, 3.63) is 65.9 Å². The molecule has 5 nitrogen and oxygen atoms in total. The van der Waals surface area contributed by atoms with E-state index in [-0.39, 0.29) is 11.1 Å². The van der Waals surface area contributed by atoms with Crippen LogP contribution in [-0.4, -0.2) is 16.8 Å². The zero-order chi connectivity index (χ0) is 15.7. The lowest BCUT2D eigenvalue weighted by atomic mass is 9.92. The predicted molar refractivity (Wildman–Crippen MR) is 84.2 cm³/mol. The molecule has 4 N–H and O–H groups in total. The molecule has 5 heteroatoms. The van der Waals surface area contributed by atoms with Crippen molar-refractivity contribution >= 4 is 22.7 Å². The number of para-hydroxylation sites is 1. The topological polar surface area (TPSA) is 99.1 Å². The Bertz CT molecular complexity index is 866. The highest BCUT2D eigenvalue weighted by Crippen LogP contribution is 2.32. The molecular weight excluding hydrogens is 278 g/mol. The van der Waals surface area contributed by atoms with Crippen molar-refractivity contribution in [2.75, 3.05) is 0 Å². The molecule has 2 aromatic carbocycles. The molecule has 0 radical (unpaired) electrons. The van der Waals surface area contributed by atoms with Crippen molar-refractivity contribution in [2.24, 2.45) is 11.5 Å². The van der Waals surface area contributed by atoms with E-state index < -0.39 is 11.8 Å². The van der Waals surface area contributed by atoms with Crippen LogP contribution in [0, 0.1) is 0 Å². The molecule has 0 atom stereocenters. The average Bonchev–Trinajstić information content (AvgIpc) is 2.53. The summed E-state index contributed by atoms with van der Waals surface area (Å²) < 4.78 is 0. The highest BCUT2D eigenvalue weighted by molar-refractivity contribution is 6.11. The monoisotopic (exact) mass is 291 g/mol. The van der Waals surface area contributed by atoms with Gasteiger partial charge in [-0.3, -0.25) is 14.6 Å². The zero-order valence-electron chi connectivity index (χ0n) is 11.6. The highest BCUT2D eigenvalue weighted by Gasteiger charge is 2.19. The Kier molecular flexibility index (Phi) is 3.31. The number of carbonyl (C=O) groups is 2. The van der Waals surface area contributed by atoms with E-state index in [0.29, 0.717) is 16.6 Å². The summed E-state index contributed by atoms with van der Waals surface area (Å²) in [6.07, 6.45) is 1.66. The van der Waals surface area contributed by atoms with Gasteiger partial charge in [-0.1, -0.05) is 30.3 Å². The second-order valence-corrected chi connectivity index (χ2v) is 4.84. The summed E-state index contributed by atoms with van der Waals surface area (Å²) in [6.45, 7) is 0. The van der Waals surface area contributed by atoms with Gasteiger partial charge in [-0.2, -0.15) is 0 Å². The number of hydrogen-bond acceptors (Lipinski definition) is 3. The molecule has 0 aliphatic carbocycles. The Hall–Kier alpha value is -3.21. The number of hydrogen-bond donors (Lipinski definition) is 2. The first-order valence-corrected chi connectivity index (χ1v) is 6.66. The molecule has 0 saturated heterocycles. The van der Waals surface area contributed by atoms with E-state index in [9.17, 15) is 9.59 Å². The van der Waals surface area contributed by atoms with Crippen LogP contribution in [0.4, 0.5) is 0 Å². The maximum Gasteiger partial charge on any atom is 0.249 e. The Morgan fingerprint density at radius 2 is 1.41 bits per heavy atom. The van der Waals surface area contributed by atoms with E-state index in [4.69, 9.17) is 11.5 Å². The number of nitrogens with two attached hydrogens (primary N) is 2. The number of nitrogens with zero attached hydrogens (tertiary/aromatic N) is 1. The number of rotatable bonds is 3. The average molecular weight is 291 g/mol. The minimum absolute atomic E-state index is 0.245. The van der Waals surface area contributed by atoms with Gasteiger partial charge in [0.1, 0.15) is 0 Å². The lowest BCUT2D eigenvalue weighted by Crippen LogP contribution is -2.18. The van der Waals surface area contributed by atoms with Crippen molar-refractivity contribution in [1.82, 2.24) is 4.98 Å². The molecule has 3 rings (SSSR count). The predicted octanol–water partition coefficient (Wildman–Crippen LogP) is 2.10. The fourth-order valence-electron chi connectivity index (χ4n) is 2.56. The fourth-order valence-corrected chi connectivity index (χ4v) is 2.56. The third kappa shape index (κ3) is 2.18. The van der Waals surface area contributed by atoms with Crippen LogP contribution in [-0.2, 0) is 0 Å². The van der Waals surface area contributed by atoms with Crippen molar-refractivity contribution in [3.63, 3.8) is 0 Å². The first-order valence-electron chi connectivity index (χ1n) is 6.66. The van der Waals surface area contributed by atoms with Crippen LogP contribution >= 0.6 is 0 Å². The maximum atomic E-state index is 11.8. The van der Waals surface area contributed by atoms with Gasteiger partial charge >= 0.3 is 0 Å². The van der Waals surface area contributed by atoms with Gasteiger partial charge in [-0.25, -0.2) is 0 Å². The third-order valence-electron chi connectivity index (χ3n) is 3.50. The summed E-state index contributed by atoms with van der Waals surface area (Å²) in [5.74, 6) is -1.24. The van der Waals surface area contributed by atoms with E-state index in [1.165, 1.54) is 0 Å². The molecule has 1 heterocycles. The zero-order valence-corrected chi connectivity index (χ0v) is 11.6. The van der Waals surface area contributed by atoms with Crippen LogP contribution in [0.2, 0.25) is 0 Å². The third-order valence-corrected chi connectivity index (χ3v) is 3.50. The number of fused-ring (bicyclic) bond motifs is 1. The van der Waals surface area contributed by atoms with Crippen LogP contribution in [0.15, 0.2) is 54.7 Å². The molecule has 0 aliphatic heterocycles. The Balaban J connectivity index is 2.44. The molecule has 2 amide bonds. The summed E-state index contributed by atoms with van der Waals surface area (Å²) in [4.78, 5) is 27.9. The first-order chi connectivity index (χ1) is 10.6. The quantitative estimate of drug-likeness (QED) is 0.772. The second-order valence-electron chi connectivity index (χ2n) is 4.84. The number of amides is 2. The van der Waals surface area contributed by atoms with Gasteiger partial charge in [0.25, 0.3) is 0 Å². The van der Waals surface area contributed by atoms with Crippen molar-refractivity contribution in [2.45, 2.75) is 0 Å². The Morgan fingerprint density at radius 3 is 2.05 bits per heavy atom. The van der Waals surface area contributed by atoms with Gasteiger partial charge < -0.3 is 11.5 Å². The molecular formula is C17H13N3O2. The van der Waals surface area contributed by atoms with E-state index in [2.05, 4.69) is 4.98 Å². The molecule has 0 fully saturated rings. The van der Waals surface area contributed by atoms with Crippen LogP contribution < -0.4 is 11.5 Å². The van der Waals surface area contributed by atoms with Crippen LogP contribution in [0.25, 0.3) is 22.0 Å². The molecule has 0 spiro atoms. The summed E-state index contributed by atoms with van der Waals surface area (Å²) in [6, 6.07) is 14.0. The number of pyridine rings is 1. The normalized spacial score (nSPS) is 10.5. The molecule has 1 aromatic heterocycles. The van der Waals surface area contributed by atoms with E-state index in [0.717, 1.165) is 5.39 Å². The minimum Gasteiger partial charge on any atom is -0.366 e. The lowest BCUT2D eigenvalue weighted by Gasteiger charge is -2.13. The number of carbonyl (C=O) groups excluding carboxylic acids is 2. The number of primary amides is 2. The van der Waals surface area contributed by atoms with Crippen molar-refractivity contribution in [3.8, 4) is 11.1 Å². The van der Waals surface area contributed by atoms with Crippen LogP contribution in [0.1, 0.15) is 20.7 Å². The summed E-state index contributed by atoms with van der Waals surface area (Å²) in [5, 5.41) is 0.898. The standard InChI is InChI=1S/C17H13N3O2/c18-16(21)12-7-2-8-13(17(19)22)14(12)11-6-1-4-10-5-3-9-20-15(10)11/h1-9H,(H2,18,21)(H2,19,22). The van der Waals surface area contributed by atoms with Crippen molar-refractivity contribution in [1.29, 1.82) is 0 Å². The number of benzene rings is 2. The molecule has 0 bridgehead atoms. The van der Waals surface area contributed by atoms with Crippen LogP contribution in [0.3, 0.4) is 0 Å². The maximum absolute atomic E-state index is 11.8. The summed E-state index contributed by atoms with van der Waals surface area (Å²) in [7, 11) is 0. The molecule has 22 heavy (non-hydrogen) atoms. The Morgan fingerprint density at radius 1 is 0.818 bits per heavy atom. The minimum atomic E-state index is -0.619. The fraction of sp³-hybridized carbons (Fsp3) is 0. The largest absolute Gasteiger partial charge is 0.366 e. The lowest BCUT2D eigenvalue weighted by molar-refractivity contribution is 0.0999. The van der Waals surface area contributed by atoms with E-state index >= 15 is 0 Å². The van der Waals surface area contributed by atoms with Gasteiger partial charge in [-0.05, 0) is 18.2 Å². The van der Waals surface area contributed by atoms with Gasteiger partial charge in [0.2, 0.25) is 11.8 Å². The van der Waals surface area contributed by atoms with E-state index in [1.807, 2.05) is 24.3 Å². The van der Waals surface area contributed by atoms with E-state index in [1.54, 1.807) is 30.5 Å². The summed E-state index contributed by atoms with van der Waals surface area (Å²) >= 11 is 0. The molecule has 108 valence electrons. The second kappa shape index (κ2) is 5.29. The smallest absolute Gasteiger partial charge is 0.249 e. The van der Waals surface area contributed by atoms with Crippen molar-refractivity contribution < 1.29 is 9.59 Å². The molecule has 0 saturated carbocycles. The highest BCUT2D eigenvalue weighted by atomic mass is 16.1. The Labute approximate surface area is 126 Å². The molecule has 0 aliphatic rings. The number of aromatic nitrogens is 1. The van der Waals surface area contributed by atoms with Crippen LogP contribution in [0.5, 0.6) is 0 Å².